The summed E-state index contributed by atoms with van der Waals surface area (Å²) in [5, 5.41) is 23.1. The molecule has 1 atom stereocenters. The van der Waals surface area contributed by atoms with Gasteiger partial charge in [0.05, 0.1) is 31.4 Å². The van der Waals surface area contributed by atoms with Gasteiger partial charge in [-0.2, -0.15) is 0 Å². The van der Waals surface area contributed by atoms with E-state index in [1.165, 1.54) is 12.1 Å². The third-order valence-electron chi connectivity index (χ3n) is 5.88. The van der Waals surface area contributed by atoms with Crippen molar-refractivity contribution >= 4 is 16.8 Å². The van der Waals surface area contributed by atoms with Gasteiger partial charge in [-0.25, -0.2) is 4.39 Å². The maximum Gasteiger partial charge on any atom is 0.255 e. The van der Waals surface area contributed by atoms with Crippen molar-refractivity contribution in [2.75, 3.05) is 13.2 Å². The standard InChI is InChI=1S/C28H29FN2O4/c1-2-10-35-27-9-6-20(19-5-3-4-18(11-19)16-32)13-25(27)28(34)31-23(17-33)12-21-15-30-26-8-7-22(29)14-24(21)26/h3-9,11,13-15,23,30,32-33H,2,10,12,16-17H2,1H3,(H,31,34). The van der Waals surface area contributed by atoms with E-state index < -0.39 is 6.04 Å². The number of carbonyl (C=O) groups excluding carboxylic acids is 1. The van der Waals surface area contributed by atoms with Crippen LogP contribution in [0.15, 0.2) is 66.9 Å². The number of fused-ring (bicyclic) bond motifs is 1. The van der Waals surface area contributed by atoms with Crippen LogP contribution in [0.4, 0.5) is 4.39 Å². The molecule has 1 unspecified atom stereocenters. The van der Waals surface area contributed by atoms with Crippen molar-refractivity contribution in [1.29, 1.82) is 0 Å². The van der Waals surface area contributed by atoms with Crippen LogP contribution in [0.1, 0.15) is 34.8 Å². The molecular formula is C28H29FN2O4. The number of hydrogen-bond donors (Lipinski definition) is 4. The van der Waals surface area contributed by atoms with E-state index in [4.69, 9.17) is 4.74 Å². The van der Waals surface area contributed by atoms with Gasteiger partial charge in [0.1, 0.15) is 11.6 Å². The fraction of sp³-hybridized carbons (Fsp3) is 0.250. The molecule has 0 saturated carbocycles. The molecule has 4 rings (SSSR count). The summed E-state index contributed by atoms with van der Waals surface area (Å²) in [6.45, 7) is 2.09. The molecule has 0 aliphatic rings. The molecule has 0 aliphatic heterocycles. The molecule has 35 heavy (non-hydrogen) atoms. The summed E-state index contributed by atoms with van der Waals surface area (Å²) < 4.78 is 19.6. The van der Waals surface area contributed by atoms with Crippen LogP contribution in [-0.2, 0) is 13.0 Å². The summed E-state index contributed by atoms with van der Waals surface area (Å²) in [5.41, 5.74) is 4.39. The van der Waals surface area contributed by atoms with Crippen LogP contribution in [0, 0.1) is 5.82 Å². The monoisotopic (exact) mass is 476 g/mol. The number of aliphatic hydroxyl groups is 2. The Bertz CT molecular complexity index is 1320. The minimum Gasteiger partial charge on any atom is -0.493 e. The van der Waals surface area contributed by atoms with E-state index in [0.29, 0.717) is 24.3 Å². The number of aromatic amines is 1. The molecule has 0 spiro atoms. The van der Waals surface area contributed by atoms with Gasteiger partial charge in [0.2, 0.25) is 0 Å². The normalized spacial score (nSPS) is 12.0. The molecule has 4 N–H and O–H groups in total. The smallest absolute Gasteiger partial charge is 0.255 e. The van der Waals surface area contributed by atoms with Gasteiger partial charge in [-0.3, -0.25) is 4.79 Å². The molecule has 1 amide bonds. The molecule has 182 valence electrons. The summed E-state index contributed by atoms with van der Waals surface area (Å²) in [7, 11) is 0. The number of aliphatic hydroxyl groups excluding tert-OH is 2. The Labute approximate surface area is 203 Å². The van der Waals surface area contributed by atoms with Crippen LogP contribution in [0.5, 0.6) is 5.75 Å². The number of aromatic nitrogens is 1. The molecule has 1 aromatic heterocycles. The van der Waals surface area contributed by atoms with Crippen molar-refractivity contribution in [2.24, 2.45) is 0 Å². The van der Waals surface area contributed by atoms with Gasteiger partial charge in [0, 0.05) is 17.1 Å². The second kappa shape index (κ2) is 11.2. The molecule has 0 fully saturated rings. The summed E-state index contributed by atoms with van der Waals surface area (Å²) >= 11 is 0. The zero-order chi connectivity index (χ0) is 24.8. The van der Waals surface area contributed by atoms with Gasteiger partial charge in [-0.05, 0) is 71.5 Å². The number of H-pyrrole nitrogens is 1. The average molecular weight is 477 g/mol. The maximum atomic E-state index is 13.8. The molecule has 3 aromatic carbocycles. The van der Waals surface area contributed by atoms with Gasteiger partial charge in [-0.15, -0.1) is 0 Å². The number of ether oxygens (including phenoxy) is 1. The van der Waals surface area contributed by atoms with Crippen LogP contribution in [0.2, 0.25) is 0 Å². The molecule has 0 radical (unpaired) electrons. The lowest BCUT2D eigenvalue weighted by molar-refractivity contribution is 0.0912. The zero-order valence-corrected chi connectivity index (χ0v) is 19.6. The number of nitrogens with one attached hydrogen (secondary N) is 2. The third kappa shape index (κ3) is 5.70. The second-order valence-electron chi connectivity index (χ2n) is 8.48. The van der Waals surface area contributed by atoms with Crippen molar-refractivity contribution in [3.63, 3.8) is 0 Å². The van der Waals surface area contributed by atoms with Crippen molar-refractivity contribution in [3.05, 3.63) is 89.4 Å². The SMILES string of the molecule is CCCOc1ccc(-c2cccc(CO)c2)cc1C(=O)NC(CO)Cc1c[nH]c2ccc(F)cc12. The van der Waals surface area contributed by atoms with Crippen molar-refractivity contribution in [2.45, 2.75) is 32.4 Å². The average Bonchev–Trinajstić information content (AvgIpc) is 3.28. The molecule has 0 aliphatic carbocycles. The predicted octanol–water partition coefficient (Wildman–Crippen LogP) is 4.59. The predicted molar refractivity (Wildman–Crippen MR) is 134 cm³/mol. The first-order valence-corrected chi connectivity index (χ1v) is 11.7. The lowest BCUT2D eigenvalue weighted by atomic mass is 9.99. The summed E-state index contributed by atoms with van der Waals surface area (Å²) in [4.78, 5) is 16.4. The number of halogens is 1. The Kier molecular flexibility index (Phi) is 7.80. The van der Waals surface area contributed by atoms with Gasteiger partial charge < -0.3 is 25.3 Å². The van der Waals surface area contributed by atoms with E-state index >= 15 is 0 Å². The van der Waals surface area contributed by atoms with Gasteiger partial charge in [0.25, 0.3) is 5.91 Å². The van der Waals surface area contributed by atoms with Crippen LogP contribution in [-0.4, -0.2) is 40.4 Å². The zero-order valence-electron chi connectivity index (χ0n) is 19.6. The Morgan fingerprint density at radius 3 is 2.69 bits per heavy atom. The number of hydrogen-bond acceptors (Lipinski definition) is 4. The highest BCUT2D eigenvalue weighted by Gasteiger charge is 2.20. The number of benzene rings is 3. The first-order chi connectivity index (χ1) is 17.0. The first-order valence-electron chi connectivity index (χ1n) is 11.7. The Balaban J connectivity index is 1.60. The van der Waals surface area contributed by atoms with Crippen LogP contribution < -0.4 is 10.1 Å². The summed E-state index contributed by atoms with van der Waals surface area (Å²) in [6, 6.07) is 16.8. The van der Waals surface area contributed by atoms with Gasteiger partial charge in [0.15, 0.2) is 0 Å². The molecular weight excluding hydrogens is 447 g/mol. The fourth-order valence-corrected chi connectivity index (χ4v) is 4.08. The third-order valence-corrected chi connectivity index (χ3v) is 5.88. The highest BCUT2D eigenvalue weighted by molar-refractivity contribution is 5.98. The van der Waals surface area contributed by atoms with E-state index in [2.05, 4.69) is 10.3 Å². The molecule has 7 heteroatoms. The Hall–Kier alpha value is -3.68. The van der Waals surface area contributed by atoms with E-state index in [1.54, 1.807) is 24.4 Å². The quantitative estimate of drug-likeness (QED) is 0.269. The van der Waals surface area contributed by atoms with E-state index in [1.807, 2.05) is 37.3 Å². The number of rotatable bonds is 10. The van der Waals surface area contributed by atoms with E-state index in [-0.39, 0.29) is 24.9 Å². The minimum absolute atomic E-state index is 0.0746. The minimum atomic E-state index is -0.579. The molecule has 6 nitrogen and oxygen atoms in total. The summed E-state index contributed by atoms with van der Waals surface area (Å²) in [6.07, 6.45) is 2.89. The number of amides is 1. The number of carbonyl (C=O) groups is 1. The largest absolute Gasteiger partial charge is 0.493 e. The maximum absolute atomic E-state index is 13.8. The topological polar surface area (TPSA) is 94.6 Å². The van der Waals surface area contributed by atoms with Crippen molar-refractivity contribution in [1.82, 2.24) is 10.3 Å². The fourth-order valence-electron chi connectivity index (χ4n) is 4.08. The Morgan fingerprint density at radius 2 is 1.91 bits per heavy atom. The Morgan fingerprint density at radius 1 is 1.09 bits per heavy atom. The van der Waals surface area contributed by atoms with Gasteiger partial charge >= 0.3 is 0 Å². The van der Waals surface area contributed by atoms with Crippen molar-refractivity contribution in [3.8, 4) is 16.9 Å². The van der Waals surface area contributed by atoms with Crippen LogP contribution >= 0.6 is 0 Å². The lowest BCUT2D eigenvalue weighted by Crippen LogP contribution is -2.39. The highest BCUT2D eigenvalue weighted by Crippen LogP contribution is 2.28. The first kappa shape index (κ1) is 24.4. The molecule has 0 saturated heterocycles. The highest BCUT2D eigenvalue weighted by atomic mass is 19.1. The molecule has 1 heterocycles. The van der Waals surface area contributed by atoms with Crippen molar-refractivity contribution < 1.29 is 24.1 Å². The van der Waals surface area contributed by atoms with Crippen LogP contribution in [0.25, 0.3) is 22.0 Å². The van der Waals surface area contributed by atoms with E-state index in [9.17, 15) is 19.4 Å². The lowest BCUT2D eigenvalue weighted by Gasteiger charge is -2.18. The summed E-state index contributed by atoms with van der Waals surface area (Å²) in [5.74, 6) is -0.263. The van der Waals surface area contributed by atoms with Crippen LogP contribution in [0.3, 0.4) is 0 Å². The molecule has 4 aromatic rings. The van der Waals surface area contributed by atoms with E-state index in [0.717, 1.165) is 39.6 Å². The van der Waals surface area contributed by atoms with Gasteiger partial charge in [-0.1, -0.05) is 31.2 Å². The molecule has 0 bridgehead atoms. The second-order valence-corrected chi connectivity index (χ2v) is 8.48.